The Balaban J connectivity index is 0.000000450. The number of carboxylic acids is 2. The SMILES string of the molecule is Cc1cc(OCCN2CCNCC2)ccc1C(C)C.O=C(O)C(=O)O. The van der Waals surface area contributed by atoms with Gasteiger partial charge < -0.3 is 20.3 Å². The lowest BCUT2D eigenvalue weighted by Gasteiger charge is -2.27. The summed E-state index contributed by atoms with van der Waals surface area (Å²) in [6.07, 6.45) is 0. The first-order valence-corrected chi connectivity index (χ1v) is 8.44. The predicted octanol–water partition coefficient (Wildman–Crippen LogP) is 1.56. The van der Waals surface area contributed by atoms with Gasteiger partial charge in [0.05, 0.1) is 0 Å². The van der Waals surface area contributed by atoms with Gasteiger partial charge in [0, 0.05) is 32.7 Å². The van der Waals surface area contributed by atoms with Crippen LogP contribution < -0.4 is 10.1 Å². The molecule has 1 aromatic carbocycles. The van der Waals surface area contributed by atoms with Crippen LogP contribution in [0.2, 0.25) is 0 Å². The van der Waals surface area contributed by atoms with Crippen molar-refractivity contribution in [3.63, 3.8) is 0 Å². The molecule has 1 heterocycles. The molecule has 140 valence electrons. The molecule has 1 aliphatic heterocycles. The predicted molar refractivity (Wildman–Crippen MR) is 95.3 cm³/mol. The molecule has 0 unspecified atom stereocenters. The van der Waals surface area contributed by atoms with E-state index in [1.54, 1.807) is 0 Å². The second kappa shape index (κ2) is 10.7. The maximum Gasteiger partial charge on any atom is 0.414 e. The molecule has 2 rings (SSSR count). The largest absolute Gasteiger partial charge is 0.492 e. The van der Waals surface area contributed by atoms with Crippen LogP contribution in [0.1, 0.15) is 30.9 Å². The molecule has 1 aliphatic rings. The maximum atomic E-state index is 9.10. The molecule has 7 heteroatoms. The minimum Gasteiger partial charge on any atom is -0.492 e. The van der Waals surface area contributed by atoms with Gasteiger partial charge in [0.1, 0.15) is 12.4 Å². The van der Waals surface area contributed by atoms with Crippen LogP contribution in [-0.4, -0.2) is 66.4 Å². The zero-order chi connectivity index (χ0) is 18.8. The summed E-state index contributed by atoms with van der Waals surface area (Å²) in [4.78, 5) is 20.6. The second-order valence-corrected chi connectivity index (χ2v) is 6.22. The number of rotatable bonds is 5. The Morgan fingerprint density at radius 1 is 1.20 bits per heavy atom. The van der Waals surface area contributed by atoms with Crippen molar-refractivity contribution in [2.75, 3.05) is 39.3 Å². The van der Waals surface area contributed by atoms with Gasteiger partial charge in [0.25, 0.3) is 0 Å². The maximum absolute atomic E-state index is 9.10. The average Bonchev–Trinajstić information content (AvgIpc) is 2.56. The molecule has 0 aromatic heterocycles. The molecule has 0 saturated carbocycles. The summed E-state index contributed by atoms with van der Waals surface area (Å²) in [6, 6.07) is 6.45. The van der Waals surface area contributed by atoms with Crippen molar-refractivity contribution in [2.45, 2.75) is 26.7 Å². The number of piperazine rings is 1. The van der Waals surface area contributed by atoms with Crippen molar-refractivity contribution in [3.05, 3.63) is 29.3 Å². The molecule has 1 aromatic rings. The monoisotopic (exact) mass is 352 g/mol. The first kappa shape index (κ1) is 20.9. The normalized spacial score (nSPS) is 14.6. The van der Waals surface area contributed by atoms with Crippen molar-refractivity contribution in [2.24, 2.45) is 0 Å². The first-order valence-electron chi connectivity index (χ1n) is 8.44. The molecule has 1 fully saturated rings. The van der Waals surface area contributed by atoms with E-state index in [-0.39, 0.29) is 0 Å². The Hall–Kier alpha value is -2.12. The van der Waals surface area contributed by atoms with Crippen LogP contribution in [0.25, 0.3) is 0 Å². The van der Waals surface area contributed by atoms with E-state index in [0.29, 0.717) is 5.92 Å². The number of carbonyl (C=O) groups is 2. The minimum absolute atomic E-state index is 0.579. The summed E-state index contributed by atoms with van der Waals surface area (Å²) < 4.78 is 5.86. The summed E-state index contributed by atoms with van der Waals surface area (Å²) in [5.41, 5.74) is 2.74. The highest BCUT2D eigenvalue weighted by atomic mass is 16.5. The summed E-state index contributed by atoms with van der Waals surface area (Å²) in [6.45, 7) is 12.9. The molecule has 0 radical (unpaired) electrons. The number of hydrogen-bond acceptors (Lipinski definition) is 5. The fraction of sp³-hybridized carbons (Fsp3) is 0.556. The van der Waals surface area contributed by atoms with Gasteiger partial charge in [0.15, 0.2) is 0 Å². The van der Waals surface area contributed by atoms with Gasteiger partial charge in [-0.3, -0.25) is 4.90 Å². The van der Waals surface area contributed by atoms with Crippen LogP contribution >= 0.6 is 0 Å². The highest BCUT2D eigenvalue weighted by molar-refractivity contribution is 6.27. The lowest BCUT2D eigenvalue weighted by Crippen LogP contribution is -2.44. The van der Waals surface area contributed by atoms with E-state index in [2.05, 4.69) is 49.2 Å². The second-order valence-electron chi connectivity index (χ2n) is 6.22. The van der Waals surface area contributed by atoms with Crippen LogP contribution in [0.5, 0.6) is 5.75 Å². The third-order valence-electron chi connectivity index (χ3n) is 3.93. The first-order chi connectivity index (χ1) is 11.8. The molecule has 0 atom stereocenters. The number of nitrogens with zero attached hydrogens (tertiary/aromatic N) is 1. The number of carboxylic acid groups (broad SMARTS) is 2. The van der Waals surface area contributed by atoms with Crippen LogP contribution in [0.3, 0.4) is 0 Å². The Kier molecular flexibility index (Phi) is 8.94. The van der Waals surface area contributed by atoms with E-state index >= 15 is 0 Å². The number of aliphatic carboxylic acids is 2. The molecule has 0 spiro atoms. The smallest absolute Gasteiger partial charge is 0.414 e. The Morgan fingerprint density at radius 2 is 1.80 bits per heavy atom. The fourth-order valence-corrected chi connectivity index (χ4v) is 2.61. The molecule has 1 saturated heterocycles. The van der Waals surface area contributed by atoms with E-state index in [1.165, 1.54) is 11.1 Å². The highest BCUT2D eigenvalue weighted by Crippen LogP contribution is 2.23. The minimum atomic E-state index is -1.82. The number of ether oxygens (including phenoxy) is 1. The van der Waals surface area contributed by atoms with Gasteiger partial charge in [-0.1, -0.05) is 19.9 Å². The molecular weight excluding hydrogens is 324 g/mol. The number of nitrogens with one attached hydrogen (secondary N) is 1. The van der Waals surface area contributed by atoms with Gasteiger partial charge in [-0.15, -0.1) is 0 Å². The lowest BCUT2D eigenvalue weighted by molar-refractivity contribution is -0.159. The van der Waals surface area contributed by atoms with Gasteiger partial charge in [-0.2, -0.15) is 0 Å². The average molecular weight is 352 g/mol. The van der Waals surface area contributed by atoms with Crippen molar-refractivity contribution < 1.29 is 24.5 Å². The third kappa shape index (κ3) is 8.00. The van der Waals surface area contributed by atoms with Crippen LogP contribution in [0.4, 0.5) is 0 Å². The number of benzene rings is 1. The van der Waals surface area contributed by atoms with Crippen molar-refractivity contribution in [3.8, 4) is 5.75 Å². The van der Waals surface area contributed by atoms with E-state index in [1.807, 2.05) is 0 Å². The standard InChI is InChI=1S/C16H26N2O.C2H2O4/c1-13(2)16-5-4-15(12-14(16)3)19-11-10-18-8-6-17-7-9-18;3-1(4)2(5)6/h4-5,12-13,17H,6-11H2,1-3H3;(H,3,4)(H,5,6). The zero-order valence-electron chi connectivity index (χ0n) is 15.1. The van der Waals surface area contributed by atoms with E-state index in [0.717, 1.165) is 45.1 Å². The molecule has 0 amide bonds. The van der Waals surface area contributed by atoms with Gasteiger partial charge in [-0.05, 0) is 36.1 Å². The van der Waals surface area contributed by atoms with Gasteiger partial charge in [0.2, 0.25) is 0 Å². The third-order valence-corrected chi connectivity index (χ3v) is 3.93. The van der Waals surface area contributed by atoms with Gasteiger partial charge in [-0.25, -0.2) is 9.59 Å². The molecule has 0 bridgehead atoms. The summed E-state index contributed by atoms with van der Waals surface area (Å²) >= 11 is 0. The van der Waals surface area contributed by atoms with E-state index < -0.39 is 11.9 Å². The van der Waals surface area contributed by atoms with E-state index in [9.17, 15) is 0 Å². The highest BCUT2D eigenvalue weighted by Gasteiger charge is 2.09. The summed E-state index contributed by atoms with van der Waals surface area (Å²) in [5.74, 6) is -2.07. The number of aryl methyl sites for hydroxylation is 1. The molecule has 3 N–H and O–H groups in total. The Bertz CT molecular complexity index is 557. The Morgan fingerprint density at radius 3 is 2.28 bits per heavy atom. The van der Waals surface area contributed by atoms with Crippen LogP contribution in [-0.2, 0) is 9.59 Å². The molecule has 0 aliphatic carbocycles. The van der Waals surface area contributed by atoms with Crippen LogP contribution in [0, 0.1) is 6.92 Å². The topological polar surface area (TPSA) is 99.1 Å². The van der Waals surface area contributed by atoms with Crippen LogP contribution in [0.15, 0.2) is 18.2 Å². The fourth-order valence-electron chi connectivity index (χ4n) is 2.61. The molecule has 7 nitrogen and oxygen atoms in total. The van der Waals surface area contributed by atoms with Gasteiger partial charge >= 0.3 is 11.9 Å². The van der Waals surface area contributed by atoms with Crippen molar-refractivity contribution >= 4 is 11.9 Å². The lowest BCUT2D eigenvalue weighted by atomic mass is 9.98. The number of hydrogen-bond donors (Lipinski definition) is 3. The zero-order valence-corrected chi connectivity index (χ0v) is 15.1. The quantitative estimate of drug-likeness (QED) is 0.692. The summed E-state index contributed by atoms with van der Waals surface area (Å²) in [7, 11) is 0. The van der Waals surface area contributed by atoms with E-state index in [4.69, 9.17) is 24.5 Å². The summed E-state index contributed by atoms with van der Waals surface area (Å²) in [5, 5.41) is 18.1. The van der Waals surface area contributed by atoms with Crippen molar-refractivity contribution in [1.82, 2.24) is 10.2 Å². The molecule has 25 heavy (non-hydrogen) atoms. The Labute approximate surface area is 148 Å². The van der Waals surface area contributed by atoms with Crippen molar-refractivity contribution in [1.29, 1.82) is 0 Å². The molecular formula is C18H28N2O5.